The number of anilines is 1. The van der Waals surface area contributed by atoms with Gasteiger partial charge in [-0.15, -0.1) is 0 Å². The van der Waals surface area contributed by atoms with Crippen LogP contribution in [0.25, 0.3) is 0 Å². The SMILES string of the molecule is CC[C@@H](C)NC(=O)[C@@H](CC)N(Cc1ccc(C)cc1)C(=O)CN(c1ccccc1OC)S(=O)(=O)c1ccccc1. The van der Waals surface area contributed by atoms with Crippen LogP contribution in [0.1, 0.15) is 44.7 Å². The average Bonchev–Trinajstić information content (AvgIpc) is 2.96. The second kappa shape index (κ2) is 14.0. The molecule has 1 N–H and O–H groups in total. The van der Waals surface area contributed by atoms with Crippen LogP contribution in [0.3, 0.4) is 0 Å². The van der Waals surface area contributed by atoms with Gasteiger partial charge in [-0.2, -0.15) is 0 Å². The third kappa shape index (κ3) is 7.41. The molecule has 0 bridgehead atoms. The average molecular weight is 566 g/mol. The van der Waals surface area contributed by atoms with Crippen LogP contribution in [0.15, 0.2) is 83.8 Å². The van der Waals surface area contributed by atoms with E-state index in [-0.39, 0.29) is 29.1 Å². The van der Waals surface area contributed by atoms with E-state index in [1.54, 1.807) is 42.5 Å². The molecule has 0 spiro atoms. The summed E-state index contributed by atoms with van der Waals surface area (Å²) in [4.78, 5) is 29.0. The van der Waals surface area contributed by atoms with Crippen LogP contribution in [0.4, 0.5) is 5.69 Å². The van der Waals surface area contributed by atoms with Crippen molar-refractivity contribution in [2.45, 2.75) is 64.1 Å². The monoisotopic (exact) mass is 565 g/mol. The van der Waals surface area contributed by atoms with E-state index in [9.17, 15) is 18.0 Å². The summed E-state index contributed by atoms with van der Waals surface area (Å²) in [7, 11) is -2.72. The highest BCUT2D eigenvalue weighted by Gasteiger charge is 2.34. The molecule has 3 aromatic carbocycles. The number of rotatable bonds is 13. The van der Waals surface area contributed by atoms with Crippen molar-refractivity contribution in [3.8, 4) is 5.75 Å². The lowest BCUT2D eigenvalue weighted by atomic mass is 10.1. The standard InChI is InChI=1S/C31H39N3O5S/c1-6-24(4)32-31(36)27(7-2)33(21-25-19-17-23(3)18-20-25)30(35)22-34(28-15-11-12-16-29(28)39-5)40(37,38)26-13-9-8-10-14-26/h8-20,24,27H,6-7,21-22H2,1-5H3,(H,32,36)/t24-,27-/m1/s1. The quantitative estimate of drug-likeness (QED) is 0.317. The normalized spacial score (nSPS) is 12.7. The van der Waals surface area contributed by atoms with Crippen LogP contribution in [-0.2, 0) is 26.2 Å². The number of carbonyl (C=O) groups excluding carboxylic acids is 2. The molecule has 9 heteroatoms. The lowest BCUT2D eigenvalue weighted by molar-refractivity contribution is -0.140. The number of sulfonamides is 1. The summed E-state index contributed by atoms with van der Waals surface area (Å²) in [6, 6.07) is 21.5. The van der Waals surface area contributed by atoms with E-state index in [2.05, 4.69) is 5.32 Å². The predicted molar refractivity (Wildman–Crippen MR) is 158 cm³/mol. The molecule has 0 saturated heterocycles. The molecular weight excluding hydrogens is 526 g/mol. The summed E-state index contributed by atoms with van der Waals surface area (Å²) in [6.07, 6.45) is 1.10. The molecular formula is C31H39N3O5S. The molecule has 8 nitrogen and oxygen atoms in total. The smallest absolute Gasteiger partial charge is 0.264 e. The Morgan fingerprint density at radius 3 is 2.12 bits per heavy atom. The Hall–Kier alpha value is -3.85. The highest BCUT2D eigenvalue weighted by atomic mass is 32.2. The zero-order valence-corrected chi connectivity index (χ0v) is 24.6. The van der Waals surface area contributed by atoms with Gasteiger partial charge in [0.25, 0.3) is 10.0 Å². The van der Waals surface area contributed by atoms with Crippen LogP contribution in [0.5, 0.6) is 5.75 Å². The summed E-state index contributed by atoms with van der Waals surface area (Å²) in [5.41, 5.74) is 2.14. The second-order valence-electron chi connectivity index (χ2n) is 9.75. The van der Waals surface area contributed by atoms with E-state index < -0.39 is 28.5 Å². The Kier molecular flexibility index (Phi) is 10.7. The summed E-state index contributed by atoms with van der Waals surface area (Å²) >= 11 is 0. The van der Waals surface area contributed by atoms with Gasteiger partial charge in [0.2, 0.25) is 11.8 Å². The van der Waals surface area contributed by atoms with Gasteiger partial charge in [-0.25, -0.2) is 8.42 Å². The fourth-order valence-corrected chi connectivity index (χ4v) is 5.77. The molecule has 214 valence electrons. The molecule has 3 aromatic rings. The number of nitrogens with zero attached hydrogens (tertiary/aromatic N) is 2. The van der Waals surface area contributed by atoms with Crippen LogP contribution < -0.4 is 14.4 Å². The van der Waals surface area contributed by atoms with E-state index in [4.69, 9.17) is 4.74 Å². The van der Waals surface area contributed by atoms with E-state index in [1.165, 1.54) is 24.1 Å². The summed E-state index contributed by atoms with van der Waals surface area (Å²) in [6.45, 7) is 7.33. The Morgan fingerprint density at radius 1 is 0.900 bits per heavy atom. The third-order valence-corrected chi connectivity index (χ3v) is 8.60. The van der Waals surface area contributed by atoms with Crippen molar-refractivity contribution in [3.05, 3.63) is 90.0 Å². The maximum absolute atomic E-state index is 14.1. The lowest BCUT2D eigenvalue weighted by Crippen LogP contribution is -2.53. The third-order valence-electron chi connectivity index (χ3n) is 6.82. The first-order valence-corrected chi connectivity index (χ1v) is 14.9. The first-order chi connectivity index (χ1) is 19.1. The van der Waals surface area contributed by atoms with Crippen molar-refractivity contribution < 1.29 is 22.7 Å². The molecule has 0 heterocycles. The molecule has 0 saturated carbocycles. The zero-order chi connectivity index (χ0) is 29.3. The van der Waals surface area contributed by atoms with Crippen molar-refractivity contribution in [2.24, 2.45) is 0 Å². The van der Waals surface area contributed by atoms with E-state index in [0.29, 0.717) is 12.2 Å². The Labute approximate surface area is 238 Å². The maximum Gasteiger partial charge on any atom is 0.264 e. The topological polar surface area (TPSA) is 96.0 Å². The molecule has 2 atom stereocenters. The molecule has 40 heavy (non-hydrogen) atoms. The first-order valence-electron chi connectivity index (χ1n) is 13.5. The second-order valence-corrected chi connectivity index (χ2v) is 11.6. The minimum atomic E-state index is -4.16. The number of methoxy groups -OCH3 is 1. The van der Waals surface area contributed by atoms with Gasteiger partial charge in [-0.1, -0.05) is 74.0 Å². The van der Waals surface area contributed by atoms with Crippen molar-refractivity contribution >= 4 is 27.5 Å². The largest absolute Gasteiger partial charge is 0.495 e. The molecule has 3 rings (SSSR count). The van der Waals surface area contributed by atoms with Gasteiger partial charge in [0.15, 0.2) is 0 Å². The maximum atomic E-state index is 14.1. The molecule has 0 aliphatic rings. The molecule has 0 fully saturated rings. The van der Waals surface area contributed by atoms with Crippen LogP contribution in [-0.4, -0.2) is 50.9 Å². The zero-order valence-electron chi connectivity index (χ0n) is 23.8. The number of aryl methyl sites for hydroxylation is 1. The van der Waals surface area contributed by atoms with Crippen LogP contribution >= 0.6 is 0 Å². The number of nitrogens with one attached hydrogen (secondary N) is 1. The summed E-state index contributed by atoms with van der Waals surface area (Å²) in [5.74, 6) is -0.467. The lowest BCUT2D eigenvalue weighted by Gasteiger charge is -2.34. The Morgan fingerprint density at radius 2 is 1.52 bits per heavy atom. The number of benzene rings is 3. The molecule has 0 aromatic heterocycles. The predicted octanol–water partition coefficient (Wildman–Crippen LogP) is 4.92. The van der Waals surface area contributed by atoms with Gasteiger partial charge in [0.1, 0.15) is 18.3 Å². The Bertz CT molecular complexity index is 1380. The molecule has 0 aliphatic carbocycles. The van der Waals surface area contributed by atoms with E-state index in [1.807, 2.05) is 52.0 Å². The molecule has 0 unspecified atom stereocenters. The summed E-state index contributed by atoms with van der Waals surface area (Å²) < 4.78 is 34.4. The van der Waals surface area contributed by atoms with Gasteiger partial charge in [-0.05, 0) is 56.5 Å². The summed E-state index contributed by atoms with van der Waals surface area (Å²) in [5, 5.41) is 2.99. The number of amides is 2. The highest BCUT2D eigenvalue weighted by molar-refractivity contribution is 7.92. The van der Waals surface area contributed by atoms with Crippen molar-refractivity contribution in [3.63, 3.8) is 0 Å². The first kappa shape index (κ1) is 30.7. The van der Waals surface area contributed by atoms with Crippen LogP contribution in [0, 0.1) is 6.92 Å². The van der Waals surface area contributed by atoms with Crippen LogP contribution in [0.2, 0.25) is 0 Å². The highest BCUT2D eigenvalue weighted by Crippen LogP contribution is 2.32. The molecule has 2 amide bonds. The van der Waals surface area contributed by atoms with Gasteiger partial charge >= 0.3 is 0 Å². The number of hydrogen-bond acceptors (Lipinski definition) is 5. The molecule has 0 aliphatic heterocycles. The van der Waals surface area contributed by atoms with Crippen molar-refractivity contribution in [1.82, 2.24) is 10.2 Å². The van der Waals surface area contributed by atoms with Gasteiger partial charge in [0.05, 0.1) is 17.7 Å². The van der Waals surface area contributed by atoms with Gasteiger partial charge in [0, 0.05) is 12.6 Å². The van der Waals surface area contributed by atoms with E-state index >= 15 is 0 Å². The molecule has 0 radical (unpaired) electrons. The minimum Gasteiger partial charge on any atom is -0.495 e. The van der Waals surface area contributed by atoms with Crippen molar-refractivity contribution in [2.75, 3.05) is 18.0 Å². The number of carbonyl (C=O) groups is 2. The van der Waals surface area contributed by atoms with Crippen molar-refractivity contribution in [1.29, 1.82) is 0 Å². The minimum absolute atomic E-state index is 0.0420. The fourth-order valence-electron chi connectivity index (χ4n) is 4.32. The van der Waals surface area contributed by atoms with Gasteiger partial charge in [-0.3, -0.25) is 13.9 Å². The number of ether oxygens (including phenoxy) is 1. The number of hydrogen-bond donors (Lipinski definition) is 1. The Balaban J connectivity index is 2.08. The number of para-hydroxylation sites is 2. The van der Waals surface area contributed by atoms with Gasteiger partial charge < -0.3 is 15.0 Å². The fraction of sp³-hybridized carbons (Fsp3) is 0.355. The van der Waals surface area contributed by atoms with E-state index in [0.717, 1.165) is 21.9 Å².